The Kier molecular flexibility index (Phi) is 5.70. The Labute approximate surface area is 172 Å². The topological polar surface area (TPSA) is 74.3 Å². The largest absolute Gasteiger partial charge is 0.493 e. The maximum Gasteiger partial charge on any atom is 0.342 e. The van der Waals surface area contributed by atoms with Crippen LogP contribution in [0.3, 0.4) is 0 Å². The van der Waals surface area contributed by atoms with E-state index in [1.807, 2.05) is 4.90 Å². The number of hydrogen-bond acceptors (Lipinski definition) is 6. The van der Waals surface area contributed by atoms with Crippen molar-refractivity contribution in [2.75, 3.05) is 34.5 Å². The van der Waals surface area contributed by atoms with E-state index in [1.54, 1.807) is 12.1 Å². The number of carbonyl (C=O) groups is 2. The van der Waals surface area contributed by atoms with Gasteiger partial charge in [0.1, 0.15) is 5.56 Å². The number of nitrogens with zero attached hydrogens (tertiary/aromatic N) is 1. The second-order valence-corrected chi connectivity index (χ2v) is 9.19. The summed E-state index contributed by atoms with van der Waals surface area (Å²) in [5.74, 6) is 0.182. The highest BCUT2D eigenvalue weighted by molar-refractivity contribution is 5.95. The fourth-order valence-corrected chi connectivity index (χ4v) is 5.30. The predicted molar refractivity (Wildman–Crippen MR) is 108 cm³/mol. The molecular weight excluding hydrogens is 374 g/mol. The summed E-state index contributed by atoms with van der Waals surface area (Å²) in [6, 6.07) is 3.36. The molecule has 3 rings (SSSR count). The van der Waals surface area contributed by atoms with Gasteiger partial charge in [0.05, 0.1) is 21.3 Å². The Bertz CT molecular complexity index is 805. The minimum Gasteiger partial charge on any atom is -0.493 e. The van der Waals surface area contributed by atoms with Gasteiger partial charge in [0.15, 0.2) is 18.1 Å². The highest BCUT2D eigenvalue weighted by Crippen LogP contribution is 2.52. The Balaban J connectivity index is 1.69. The number of methoxy groups -OCH3 is 3. The molecule has 2 aliphatic rings. The van der Waals surface area contributed by atoms with E-state index in [0.717, 1.165) is 25.8 Å². The average molecular weight is 405 g/mol. The Hall–Kier alpha value is -2.44. The van der Waals surface area contributed by atoms with Crippen molar-refractivity contribution in [3.63, 3.8) is 0 Å². The van der Waals surface area contributed by atoms with Crippen molar-refractivity contribution in [1.82, 2.24) is 4.90 Å². The van der Waals surface area contributed by atoms with Crippen LogP contribution in [0.5, 0.6) is 17.2 Å². The van der Waals surface area contributed by atoms with Gasteiger partial charge < -0.3 is 23.8 Å². The fourth-order valence-electron chi connectivity index (χ4n) is 5.30. The monoisotopic (exact) mass is 405 g/mol. The number of rotatable bonds is 6. The zero-order valence-electron chi connectivity index (χ0n) is 18.2. The van der Waals surface area contributed by atoms with E-state index >= 15 is 0 Å². The number of esters is 1. The van der Waals surface area contributed by atoms with Crippen LogP contribution in [0.15, 0.2) is 12.1 Å². The van der Waals surface area contributed by atoms with Gasteiger partial charge in [-0.05, 0) is 42.2 Å². The molecule has 2 unspecified atom stereocenters. The van der Waals surface area contributed by atoms with E-state index in [1.165, 1.54) is 21.3 Å². The highest BCUT2D eigenvalue weighted by atomic mass is 16.5. The average Bonchev–Trinajstić information content (AvgIpc) is 2.92. The van der Waals surface area contributed by atoms with Crippen molar-refractivity contribution >= 4 is 11.9 Å². The molecule has 160 valence electrons. The molecule has 2 fully saturated rings. The standard InChI is InChI=1S/C22H31NO6/c1-21(2)9-14-10-22(3,12-21)13-23(14)17(24)11-29-20(25)15-7-8-16(26-4)19(28-6)18(15)27-5/h7-8,14H,9-13H2,1-6H3. The quantitative estimate of drug-likeness (QED) is 0.676. The van der Waals surface area contributed by atoms with Crippen molar-refractivity contribution in [2.45, 2.75) is 46.1 Å². The lowest BCUT2D eigenvalue weighted by atomic mass is 9.65. The van der Waals surface area contributed by atoms with E-state index < -0.39 is 5.97 Å². The second kappa shape index (κ2) is 7.76. The van der Waals surface area contributed by atoms with Crippen LogP contribution in [0.1, 0.15) is 50.4 Å². The van der Waals surface area contributed by atoms with Crippen LogP contribution in [-0.2, 0) is 9.53 Å². The van der Waals surface area contributed by atoms with Crippen molar-refractivity contribution in [3.8, 4) is 17.2 Å². The van der Waals surface area contributed by atoms with Gasteiger partial charge in [-0.1, -0.05) is 20.8 Å². The summed E-state index contributed by atoms with van der Waals surface area (Å²) in [5, 5.41) is 0. The number of amides is 1. The van der Waals surface area contributed by atoms with Gasteiger partial charge in [-0.3, -0.25) is 4.79 Å². The van der Waals surface area contributed by atoms with Gasteiger partial charge in [0.25, 0.3) is 5.91 Å². The number of carbonyl (C=O) groups excluding carboxylic acids is 2. The molecule has 0 aromatic heterocycles. The minimum absolute atomic E-state index is 0.138. The molecule has 2 bridgehead atoms. The molecule has 1 saturated carbocycles. The molecule has 0 spiro atoms. The summed E-state index contributed by atoms with van der Waals surface area (Å²) < 4.78 is 21.2. The molecule has 7 nitrogen and oxygen atoms in total. The first kappa shape index (κ1) is 21.3. The van der Waals surface area contributed by atoms with Crippen LogP contribution in [-0.4, -0.2) is 57.3 Å². The summed E-state index contributed by atoms with van der Waals surface area (Å²) in [4.78, 5) is 27.4. The normalized spacial score (nSPS) is 24.8. The van der Waals surface area contributed by atoms with E-state index in [0.29, 0.717) is 11.5 Å². The van der Waals surface area contributed by atoms with Crippen LogP contribution >= 0.6 is 0 Å². The second-order valence-electron chi connectivity index (χ2n) is 9.19. The third kappa shape index (κ3) is 4.14. The van der Waals surface area contributed by atoms with E-state index in [2.05, 4.69) is 20.8 Å². The third-order valence-electron chi connectivity index (χ3n) is 5.99. The van der Waals surface area contributed by atoms with Gasteiger partial charge in [-0.2, -0.15) is 0 Å². The predicted octanol–water partition coefficient (Wildman–Crippen LogP) is 3.30. The van der Waals surface area contributed by atoms with Crippen LogP contribution < -0.4 is 14.2 Å². The number of ether oxygens (including phenoxy) is 4. The maximum atomic E-state index is 12.8. The summed E-state index contributed by atoms with van der Waals surface area (Å²) in [6.07, 6.45) is 3.09. The zero-order chi connectivity index (χ0) is 21.4. The lowest BCUT2D eigenvalue weighted by molar-refractivity contribution is -0.135. The van der Waals surface area contributed by atoms with Crippen LogP contribution in [0.2, 0.25) is 0 Å². The number of hydrogen-bond donors (Lipinski definition) is 0. The van der Waals surface area contributed by atoms with Crippen molar-refractivity contribution in [1.29, 1.82) is 0 Å². The van der Waals surface area contributed by atoms with E-state index in [4.69, 9.17) is 18.9 Å². The van der Waals surface area contributed by atoms with Crippen molar-refractivity contribution in [3.05, 3.63) is 17.7 Å². The summed E-state index contributed by atoms with van der Waals surface area (Å²) in [7, 11) is 4.40. The Morgan fingerprint density at radius 1 is 1.03 bits per heavy atom. The Morgan fingerprint density at radius 3 is 2.34 bits per heavy atom. The molecule has 0 radical (unpaired) electrons. The van der Waals surface area contributed by atoms with Gasteiger partial charge in [-0.15, -0.1) is 0 Å². The SMILES string of the molecule is COc1ccc(C(=O)OCC(=O)N2CC3(C)CC2CC(C)(C)C3)c(OC)c1OC. The first-order valence-corrected chi connectivity index (χ1v) is 9.88. The molecule has 1 amide bonds. The molecule has 0 N–H and O–H groups in total. The zero-order valence-corrected chi connectivity index (χ0v) is 18.2. The van der Waals surface area contributed by atoms with Gasteiger partial charge in [-0.25, -0.2) is 4.79 Å². The van der Waals surface area contributed by atoms with Crippen molar-refractivity contribution < 1.29 is 28.5 Å². The molecule has 1 aromatic carbocycles. The fraction of sp³-hybridized carbons (Fsp3) is 0.636. The van der Waals surface area contributed by atoms with Crippen LogP contribution in [0.4, 0.5) is 0 Å². The number of benzene rings is 1. The smallest absolute Gasteiger partial charge is 0.342 e. The van der Waals surface area contributed by atoms with Crippen LogP contribution in [0.25, 0.3) is 0 Å². The maximum absolute atomic E-state index is 12.8. The molecule has 1 heterocycles. The molecule has 1 aliphatic carbocycles. The lowest BCUT2D eigenvalue weighted by Gasteiger charge is -2.39. The molecule has 1 aromatic rings. The van der Waals surface area contributed by atoms with Gasteiger partial charge >= 0.3 is 5.97 Å². The number of likely N-dealkylation sites (tertiary alicyclic amines) is 1. The summed E-state index contributed by atoms with van der Waals surface area (Å²) >= 11 is 0. The molecular formula is C22H31NO6. The summed E-state index contributed by atoms with van der Waals surface area (Å²) in [5.41, 5.74) is 0.542. The highest BCUT2D eigenvalue weighted by Gasteiger charge is 2.50. The molecule has 2 atom stereocenters. The Morgan fingerprint density at radius 2 is 1.72 bits per heavy atom. The number of fused-ring (bicyclic) bond motifs is 2. The molecule has 1 aliphatic heterocycles. The van der Waals surface area contributed by atoms with Crippen LogP contribution in [0, 0.1) is 10.8 Å². The molecule has 7 heteroatoms. The molecule has 1 saturated heterocycles. The molecule has 29 heavy (non-hydrogen) atoms. The minimum atomic E-state index is -0.634. The first-order chi connectivity index (χ1) is 13.6. The van der Waals surface area contributed by atoms with Crippen molar-refractivity contribution in [2.24, 2.45) is 10.8 Å². The summed E-state index contributed by atoms with van der Waals surface area (Å²) in [6.45, 7) is 7.19. The van der Waals surface area contributed by atoms with E-state index in [9.17, 15) is 9.59 Å². The van der Waals surface area contributed by atoms with Gasteiger partial charge in [0, 0.05) is 12.6 Å². The first-order valence-electron chi connectivity index (χ1n) is 9.88. The van der Waals surface area contributed by atoms with Gasteiger partial charge in [0.2, 0.25) is 5.75 Å². The third-order valence-corrected chi connectivity index (χ3v) is 5.99. The lowest BCUT2D eigenvalue weighted by Crippen LogP contribution is -2.39. The van der Waals surface area contributed by atoms with E-state index in [-0.39, 0.29) is 40.7 Å².